The predicted molar refractivity (Wildman–Crippen MR) is 155 cm³/mol. The molecule has 2 N–H and O–H groups in total. The van der Waals surface area contributed by atoms with E-state index in [1.165, 1.54) is 0 Å². The molecule has 0 saturated heterocycles. The molecule has 0 radical (unpaired) electrons. The Labute approximate surface area is 243 Å². The molecule has 1 aliphatic rings. The minimum Gasteiger partial charge on any atom is -0.439 e. The number of fused-ring (bicyclic) bond motifs is 2. The van der Waals surface area contributed by atoms with Gasteiger partial charge in [0.15, 0.2) is 12.3 Å². The Morgan fingerprint density at radius 3 is 2.67 bits per heavy atom. The molecule has 1 aromatic heterocycles. The van der Waals surface area contributed by atoms with Crippen LogP contribution in [0.5, 0.6) is 5.75 Å². The first-order chi connectivity index (χ1) is 18.5. The number of aryl methyl sites for hydroxylation is 1. The predicted octanol–water partition coefficient (Wildman–Crippen LogP) is 5.85. The molecule has 2 aromatic carbocycles. The van der Waals surface area contributed by atoms with Crippen LogP contribution in [0.15, 0.2) is 53.9 Å². The first-order valence-electron chi connectivity index (χ1n) is 12.0. The number of ether oxygens (including phenoxy) is 1. The van der Waals surface area contributed by atoms with Crippen LogP contribution in [0.25, 0.3) is 16.3 Å². The molecular weight excluding hydrogens is 607 g/mol. The van der Waals surface area contributed by atoms with Gasteiger partial charge in [-0.15, -0.1) is 0 Å². The first kappa shape index (κ1) is 29.9. The molecule has 9 nitrogen and oxygen atoms in total. The summed E-state index contributed by atoms with van der Waals surface area (Å²) in [5, 5.41) is 2.01. The topological polar surface area (TPSA) is 117 Å². The van der Waals surface area contributed by atoms with Crippen LogP contribution in [0.1, 0.15) is 31.2 Å². The lowest BCUT2D eigenvalue weighted by Crippen LogP contribution is -2.36. The van der Waals surface area contributed by atoms with Crippen molar-refractivity contribution in [2.45, 2.75) is 32.7 Å². The highest BCUT2D eigenvalue weighted by molar-refractivity contribution is 7.85. The molecular formula is C25H27Cl2N2O7S3+. The van der Waals surface area contributed by atoms with Gasteiger partial charge in [-0.05, 0) is 48.7 Å². The number of hydrogen-bond acceptors (Lipinski definition) is 7. The van der Waals surface area contributed by atoms with E-state index in [0.717, 1.165) is 26.5 Å². The molecule has 0 spiro atoms. The highest BCUT2D eigenvalue weighted by Gasteiger charge is 2.27. The summed E-state index contributed by atoms with van der Waals surface area (Å²) in [6.45, 7) is 2.94. The van der Waals surface area contributed by atoms with Gasteiger partial charge in [0, 0.05) is 41.2 Å². The highest BCUT2D eigenvalue weighted by Crippen LogP contribution is 2.41. The van der Waals surface area contributed by atoms with Crippen molar-refractivity contribution in [1.82, 2.24) is 0 Å². The van der Waals surface area contributed by atoms with E-state index in [1.807, 2.05) is 46.7 Å². The Bertz CT molecular complexity index is 1550. The summed E-state index contributed by atoms with van der Waals surface area (Å²) in [6.07, 6.45) is 5.33. The SMILES string of the molecule is CCC(=Cc1sc2ccc(Cl)cc2[n+]1CCCS(=O)(=O)O)C=C1Oc2ccc(Cl)cc2N1CCCOS(=O)O. The maximum absolute atomic E-state index is 11.3. The van der Waals surface area contributed by atoms with Crippen LogP contribution in [-0.4, -0.2) is 40.6 Å². The lowest BCUT2D eigenvalue weighted by atomic mass is 10.2. The van der Waals surface area contributed by atoms with E-state index in [9.17, 15) is 17.2 Å². The number of nitrogens with zero attached hydrogens (tertiary/aromatic N) is 2. The second-order valence-electron chi connectivity index (χ2n) is 8.66. The Kier molecular flexibility index (Phi) is 10.0. The molecule has 3 aromatic rings. The van der Waals surface area contributed by atoms with E-state index >= 15 is 0 Å². The summed E-state index contributed by atoms with van der Waals surface area (Å²) >= 11 is 11.7. The fourth-order valence-electron chi connectivity index (χ4n) is 4.15. The lowest BCUT2D eigenvalue weighted by molar-refractivity contribution is -0.668. The van der Waals surface area contributed by atoms with E-state index in [-0.39, 0.29) is 18.8 Å². The van der Waals surface area contributed by atoms with Crippen LogP contribution in [0, 0.1) is 0 Å². The number of rotatable bonds is 12. The summed E-state index contributed by atoms with van der Waals surface area (Å²) in [4.78, 5) is 1.94. The van der Waals surface area contributed by atoms with Gasteiger partial charge in [-0.2, -0.15) is 17.2 Å². The molecule has 2 heterocycles. The zero-order valence-electron chi connectivity index (χ0n) is 20.9. The van der Waals surface area contributed by atoms with Crippen molar-refractivity contribution in [2.24, 2.45) is 0 Å². The third-order valence-electron chi connectivity index (χ3n) is 5.90. The lowest BCUT2D eigenvalue weighted by Gasteiger charge is -2.18. The number of thiazole rings is 1. The smallest absolute Gasteiger partial charge is 0.301 e. The molecule has 1 aliphatic heterocycles. The fraction of sp³-hybridized carbons (Fsp3) is 0.320. The van der Waals surface area contributed by atoms with Crippen molar-refractivity contribution in [3.8, 4) is 5.75 Å². The molecule has 4 rings (SSSR count). The Morgan fingerprint density at radius 2 is 1.95 bits per heavy atom. The van der Waals surface area contributed by atoms with Crippen LogP contribution in [0.2, 0.25) is 10.0 Å². The third-order valence-corrected chi connectivity index (χ3v) is 8.66. The number of allylic oxidation sites excluding steroid dienone is 2. The second kappa shape index (κ2) is 13.1. The van der Waals surface area contributed by atoms with Gasteiger partial charge < -0.3 is 9.64 Å². The zero-order chi connectivity index (χ0) is 28.2. The highest BCUT2D eigenvalue weighted by atomic mass is 35.5. The first-order valence-corrected chi connectivity index (χ1v) is 16.2. The molecule has 0 bridgehead atoms. The van der Waals surface area contributed by atoms with Crippen LogP contribution >= 0.6 is 34.5 Å². The molecule has 1 unspecified atom stereocenters. The molecule has 39 heavy (non-hydrogen) atoms. The molecule has 0 fully saturated rings. The van der Waals surface area contributed by atoms with Gasteiger partial charge in [0.1, 0.15) is 4.70 Å². The molecule has 1 atom stereocenters. The third kappa shape index (κ3) is 8.01. The Hall–Kier alpha value is -2.03. The van der Waals surface area contributed by atoms with Gasteiger partial charge in [0.2, 0.25) is 11.4 Å². The molecule has 14 heteroatoms. The van der Waals surface area contributed by atoms with E-state index in [1.54, 1.807) is 29.5 Å². The van der Waals surface area contributed by atoms with E-state index < -0.39 is 21.5 Å². The Morgan fingerprint density at radius 1 is 1.21 bits per heavy atom. The van der Waals surface area contributed by atoms with Crippen molar-refractivity contribution >= 4 is 78.0 Å². The summed E-state index contributed by atoms with van der Waals surface area (Å²) in [5.74, 6) is 0.875. The maximum atomic E-state index is 11.3. The van der Waals surface area contributed by atoms with Crippen molar-refractivity contribution < 1.29 is 35.2 Å². The van der Waals surface area contributed by atoms with Gasteiger partial charge in [0.25, 0.3) is 15.1 Å². The second-order valence-corrected chi connectivity index (χ2v) is 12.8. The van der Waals surface area contributed by atoms with E-state index in [0.29, 0.717) is 47.6 Å². The summed E-state index contributed by atoms with van der Waals surface area (Å²) < 4.78 is 65.4. The molecule has 0 aliphatic carbocycles. The standard InChI is InChI=1S/C25H26Cl2N2O7S3/c1-2-17(13-24-28(9-3-11-35-38(30)31)20-15-18(26)5-7-22(20)36-24)14-25-29(10-4-12-39(32,33)34)21-16-19(27)6-8-23(21)37-25/h5-8,13-16H,2-4,9-12H2,1H3,(H-,30,31,32,33,34)/p+1. The number of aromatic nitrogens is 1. The van der Waals surface area contributed by atoms with Crippen LogP contribution in [0.4, 0.5) is 5.69 Å². The number of anilines is 1. The fourth-order valence-corrected chi connectivity index (χ4v) is 6.38. The number of hydrogen-bond donors (Lipinski definition) is 2. The van der Waals surface area contributed by atoms with Gasteiger partial charge in [-0.1, -0.05) is 41.5 Å². The van der Waals surface area contributed by atoms with Crippen LogP contribution < -0.4 is 14.2 Å². The van der Waals surface area contributed by atoms with Crippen molar-refractivity contribution in [3.63, 3.8) is 0 Å². The van der Waals surface area contributed by atoms with Gasteiger partial charge in [-0.25, -0.2) is 0 Å². The Balaban J connectivity index is 1.68. The van der Waals surface area contributed by atoms with E-state index in [2.05, 4.69) is 0 Å². The van der Waals surface area contributed by atoms with Crippen molar-refractivity contribution in [3.05, 3.63) is 69.0 Å². The van der Waals surface area contributed by atoms with Crippen molar-refractivity contribution in [1.29, 1.82) is 0 Å². The molecule has 0 amide bonds. The maximum Gasteiger partial charge on any atom is 0.301 e. The number of benzene rings is 2. The van der Waals surface area contributed by atoms with Gasteiger partial charge >= 0.3 is 11.4 Å². The zero-order valence-corrected chi connectivity index (χ0v) is 24.8. The molecule has 0 saturated carbocycles. The number of halogens is 2. The van der Waals surface area contributed by atoms with E-state index in [4.69, 9.17) is 36.7 Å². The largest absolute Gasteiger partial charge is 0.439 e. The average molecular weight is 635 g/mol. The summed E-state index contributed by atoms with van der Waals surface area (Å²) in [5.41, 5.74) is 2.60. The van der Waals surface area contributed by atoms with Crippen LogP contribution in [0.3, 0.4) is 0 Å². The summed E-state index contributed by atoms with van der Waals surface area (Å²) in [6, 6.07) is 10.9. The average Bonchev–Trinajstić information content (AvgIpc) is 3.37. The summed E-state index contributed by atoms with van der Waals surface area (Å²) in [7, 11) is -4.08. The normalized spacial score (nSPS) is 15.7. The quantitative estimate of drug-likeness (QED) is 0.110. The minimum atomic E-state index is -4.08. The van der Waals surface area contributed by atoms with Crippen molar-refractivity contribution in [2.75, 3.05) is 23.8 Å². The monoisotopic (exact) mass is 633 g/mol. The van der Waals surface area contributed by atoms with Gasteiger partial charge in [0.05, 0.1) is 18.0 Å². The molecule has 210 valence electrons. The minimum absolute atomic E-state index is 0.0904. The van der Waals surface area contributed by atoms with Gasteiger partial charge in [-0.3, -0.25) is 13.3 Å². The van der Waals surface area contributed by atoms with Crippen LogP contribution in [-0.2, 0) is 32.2 Å².